The van der Waals surface area contributed by atoms with E-state index in [1.54, 1.807) is 6.08 Å². The average Bonchev–Trinajstić information content (AvgIpc) is 2.84. The molecule has 1 fully saturated rings. The highest BCUT2D eigenvalue weighted by Gasteiger charge is 2.41. The Hall–Kier alpha value is -1.46. The molecule has 3 N–H and O–H groups in total. The Morgan fingerprint density at radius 2 is 2.00 bits per heavy atom. The van der Waals surface area contributed by atoms with Crippen LogP contribution in [0, 0.1) is 11.8 Å². The molecule has 2 unspecified atom stereocenters. The Morgan fingerprint density at radius 3 is 2.65 bits per heavy atom. The van der Waals surface area contributed by atoms with E-state index in [0.29, 0.717) is 25.7 Å². The van der Waals surface area contributed by atoms with Crippen molar-refractivity contribution in [3.63, 3.8) is 0 Å². The predicted molar refractivity (Wildman–Crippen MR) is 102 cm³/mol. The van der Waals surface area contributed by atoms with Crippen LogP contribution in [0.2, 0.25) is 0 Å². The molecule has 0 radical (unpaired) electrons. The zero-order chi connectivity index (χ0) is 19.5. The van der Waals surface area contributed by atoms with Crippen LogP contribution in [0.5, 0.6) is 0 Å². The number of hydrogen-bond acceptors (Lipinski definition) is 4. The zero-order valence-corrected chi connectivity index (χ0v) is 16.1. The van der Waals surface area contributed by atoms with Crippen LogP contribution in [0.4, 0.5) is 0 Å². The monoisotopic (exact) mass is 366 g/mol. The molecule has 0 aromatic heterocycles. The zero-order valence-electron chi connectivity index (χ0n) is 16.1. The minimum absolute atomic E-state index is 0.0610. The van der Waals surface area contributed by atoms with Crippen LogP contribution < -0.4 is 0 Å². The van der Waals surface area contributed by atoms with Crippen molar-refractivity contribution in [2.45, 2.75) is 83.8 Å². The molecule has 26 heavy (non-hydrogen) atoms. The van der Waals surface area contributed by atoms with E-state index in [1.807, 2.05) is 19.1 Å². The third kappa shape index (κ3) is 7.83. The summed E-state index contributed by atoms with van der Waals surface area (Å²) in [5.41, 5.74) is 0.886. The summed E-state index contributed by atoms with van der Waals surface area (Å²) in [5, 5.41) is 29.1. The lowest BCUT2D eigenvalue weighted by Crippen LogP contribution is -2.22. The molecule has 0 aliphatic heterocycles. The first-order chi connectivity index (χ1) is 12.4. The normalized spacial score (nSPS) is 25.2. The molecule has 1 aliphatic carbocycles. The Bertz CT molecular complexity index is 509. The van der Waals surface area contributed by atoms with E-state index in [4.69, 9.17) is 5.11 Å². The van der Waals surface area contributed by atoms with Crippen LogP contribution in [-0.4, -0.2) is 39.3 Å². The van der Waals surface area contributed by atoms with Gasteiger partial charge < -0.3 is 15.3 Å². The molecule has 1 aliphatic rings. The largest absolute Gasteiger partial charge is 0.481 e. The van der Waals surface area contributed by atoms with Gasteiger partial charge in [0.15, 0.2) is 0 Å². The fraction of sp³-hybridized carbons (Fsp3) is 0.714. The van der Waals surface area contributed by atoms with Gasteiger partial charge in [-0.15, -0.1) is 0 Å². The number of Topliss-reactive ketones (excluding diaryl/α,β-unsaturated/α-hetero) is 1. The molecule has 0 amide bonds. The van der Waals surface area contributed by atoms with E-state index in [2.05, 4.69) is 6.92 Å². The third-order valence-corrected chi connectivity index (χ3v) is 5.07. The van der Waals surface area contributed by atoms with Gasteiger partial charge in [-0.2, -0.15) is 0 Å². The van der Waals surface area contributed by atoms with E-state index >= 15 is 0 Å². The number of allylic oxidation sites excluding steroid dienone is 2. The summed E-state index contributed by atoms with van der Waals surface area (Å²) in [4.78, 5) is 22.7. The topological polar surface area (TPSA) is 94.8 Å². The Morgan fingerprint density at radius 1 is 1.27 bits per heavy atom. The molecular formula is C21H34O5. The maximum Gasteiger partial charge on any atom is 0.303 e. The van der Waals surface area contributed by atoms with Crippen LogP contribution in [0.1, 0.15) is 71.6 Å². The lowest BCUT2D eigenvalue weighted by atomic mass is 9.84. The Kier molecular flexibility index (Phi) is 10.4. The van der Waals surface area contributed by atoms with E-state index in [0.717, 1.165) is 24.8 Å². The number of aliphatic carboxylic acids is 1. The molecule has 0 bridgehead atoms. The lowest BCUT2D eigenvalue weighted by Gasteiger charge is -2.22. The van der Waals surface area contributed by atoms with Crippen molar-refractivity contribution >= 4 is 11.8 Å². The molecule has 0 heterocycles. The highest BCUT2D eigenvalue weighted by molar-refractivity contribution is 5.85. The number of aliphatic hydroxyl groups is 2. The summed E-state index contributed by atoms with van der Waals surface area (Å²) < 4.78 is 0. The van der Waals surface area contributed by atoms with E-state index in [9.17, 15) is 19.8 Å². The van der Waals surface area contributed by atoms with E-state index in [-0.39, 0.29) is 30.5 Å². The third-order valence-electron chi connectivity index (χ3n) is 5.07. The van der Waals surface area contributed by atoms with Crippen LogP contribution in [-0.2, 0) is 9.59 Å². The van der Waals surface area contributed by atoms with E-state index < -0.39 is 18.2 Å². The highest BCUT2D eigenvalue weighted by Crippen LogP contribution is 2.37. The first-order valence-electron chi connectivity index (χ1n) is 9.80. The maximum atomic E-state index is 12.2. The molecule has 0 aromatic carbocycles. The van der Waals surface area contributed by atoms with Crippen molar-refractivity contribution in [3.05, 3.63) is 23.8 Å². The molecule has 5 heteroatoms. The quantitative estimate of drug-likeness (QED) is 0.362. The average molecular weight is 366 g/mol. The second-order valence-corrected chi connectivity index (χ2v) is 7.34. The van der Waals surface area contributed by atoms with Crippen molar-refractivity contribution < 1.29 is 24.9 Å². The molecule has 5 nitrogen and oxygen atoms in total. The van der Waals surface area contributed by atoms with Crippen LogP contribution >= 0.6 is 0 Å². The van der Waals surface area contributed by atoms with Gasteiger partial charge >= 0.3 is 5.97 Å². The molecular weight excluding hydrogens is 332 g/mol. The number of carbonyl (C=O) groups excluding carboxylic acids is 1. The molecule has 4 atom stereocenters. The molecule has 1 rings (SSSR count). The molecule has 148 valence electrons. The SMILES string of the molecule is CCCCCC(O)/C=C(\C)[C@H]1C(O)CC(=O)[C@@H]1C/C=C\CCCC(=O)O. The van der Waals surface area contributed by atoms with Crippen molar-refractivity contribution in [1.82, 2.24) is 0 Å². The van der Waals surface area contributed by atoms with Gasteiger partial charge in [0, 0.05) is 24.7 Å². The number of hydrogen-bond donors (Lipinski definition) is 3. The Balaban J connectivity index is 2.61. The second kappa shape index (κ2) is 12.0. The van der Waals surface area contributed by atoms with E-state index in [1.165, 1.54) is 0 Å². The van der Waals surface area contributed by atoms with Gasteiger partial charge in [-0.3, -0.25) is 9.59 Å². The van der Waals surface area contributed by atoms with Gasteiger partial charge in [0.25, 0.3) is 0 Å². The summed E-state index contributed by atoms with van der Waals surface area (Å²) >= 11 is 0. The second-order valence-electron chi connectivity index (χ2n) is 7.34. The van der Waals surface area contributed by atoms with Crippen molar-refractivity contribution in [2.24, 2.45) is 11.8 Å². The first-order valence-corrected chi connectivity index (χ1v) is 9.80. The van der Waals surface area contributed by atoms with Gasteiger partial charge in [-0.1, -0.05) is 50.0 Å². The summed E-state index contributed by atoms with van der Waals surface area (Å²) in [6.45, 7) is 4.01. The van der Waals surface area contributed by atoms with Gasteiger partial charge in [-0.05, 0) is 32.6 Å². The minimum Gasteiger partial charge on any atom is -0.481 e. The van der Waals surface area contributed by atoms with Crippen LogP contribution in [0.25, 0.3) is 0 Å². The molecule has 0 saturated heterocycles. The fourth-order valence-electron chi connectivity index (χ4n) is 3.68. The number of carboxylic acids is 1. The smallest absolute Gasteiger partial charge is 0.303 e. The first kappa shape index (κ1) is 22.6. The number of carbonyl (C=O) groups is 2. The summed E-state index contributed by atoms with van der Waals surface area (Å²) in [5.74, 6) is -1.25. The molecule has 1 saturated carbocycles. The highest BCUT2D eigenvalue weighted by atomic mass is 16.4. The number of carboxylic acid groups (broad SMARTS) is 1. The van der Waals surface area contributed by atoms with Gasteiger partial charge in [0.05, 0.1) is 12.2 Å². The van der Waals surface area contributed by atoms with Crippen LogP contribution in [0.3, 0.4) is 0 Å². The molecule has 0 spiro atoms. The summed E-state index contributed by atoms with van der Waals surface area (Å²) in [6, 6.07) is 0. The van der Waals surface area contributed by atoms with Gasteiger partial charge in [-0.25, -0.2) is 0 Å². The molecule has 0 aromatic rings. The van der Waals surface area contributed by atoms with Crippen molar-refractivity contribution in [2.75, 3.05) is 0 Å². The maximum absolute atomic E-state index is 12.2. The number of rotatable bonds is 12. The Labute approximate surface area is 156 Å². The lowest BCUT2D eigenvalue weighted by molar-refractivity contribution is -0.137. The minimum atomic E-state index is -0.800. The van der Waals surface area contributed by atoms with Crippen molar-refractivity contribution in [1.29, 1.82) is 0 Å². The number of unbranched alkanes of at least 4 members (excludes halogenated alkanes) is 3. The van der Waals surface area contributed by atoms with Gasteiger partial charge in [0.1, 0.15) is 5.78 Å². The summed E-state index contributed by atoms with van der Waals surface area (Å²) in [6.07, 6.45) is 10.4. The number of aliphatic hydroxyl groups excluding tert-OH is 2. The van der Waals surface area contributed by atoms with Crippen LogP contribution in [0.15, 0.2) is 23.8 Å². The number of ketones is 1. The van der Waals surface area contributed by atoms with Gasteiger partial charge in [0.2, 0.25) is 0 Å². The fourth-order valence-corrected chi connectivity index (χ4v) is 3.68. The van der Waals surface area contributed by atoms with Crippen molar-refractivity contribution in [3.8, 4) is 0 Å². The predicted octanol–water partition coefficient (Wildman–Crippen LogP) is 3.64. The standard InChI is InChI=1S/C21H34O5/c1-3-4-7-10-16(22)13-15(2)21-17(18(23)14-19(21)24)11-8-5-6-9-12-20(25)26/h5,8,13,16-17,19,21-22,24H,3-4,6-7,9-12,14H2,1-2H3,(H,25,26)/b8-5-,15-13+/t16?,17-,19?,21+/m0/s1. The summed E-state index contributed by atoms with van der Waals surface area (Å²) in [7, 11) is 0.